The Morgan fingerprint density at radius 3 is 2.47 bits per heavy atom. The van der Waals surface area contributed by atoms with Gasteiger partial charge in [-0.15, -0.1) is 0 Å². The van der Waals surface area contributed by atoms with Gasteiger partial charge >= 0.3 is 0 Å². The van der Waals surface area contributed by atoms with Gasteiger partial charge in [0.15, 0.2) is 0 Å². The van der Waals surface area contributed by atoms with E-state index in [1.54, 1.807) is 0 Å². The quantitative estimate of drug-likeness (QED) is 0.489. The lowest BCUT2D eigenvalue weighted by atomic mass is 10.1. The predicted molar refractivity (Wildman–Crippen MR) is 129 cm³/mol. The molecule has 0 spiro atoms. The number of para-hydroxylation sites is 1. The average molecular weight is 446 g/mol. The summed E-state index contributed by atoms with van der Waals surface area (Å²) in [7, 11) is 2.08. The molecule has 1 aliphatic rings. The number of benzene rings is 3. The standard InChI is InChI=1S/C25H24ClN5O/c1-29-12-14-30(15-13-29)24(32)18-10-11-23-22(16-18)28-25(27-20-7-5-6-19(26)17-20)31(23)21-8-3-2-4-9-21/h2-11,16-17H,12-15H2,1H3,(H,27,28). The number of halogens is 1. The molecule has 0 radical (unpaired) electrons. The molecule has 6 nitrogen and oxygen atoms in total. The monoisotopic (exact) mass is 445 g/mol. The lowest BCUT2D eigenvalue weighted by Gasteiger charge is -2.32. The van der Waals surface area contributed by atoms with Crippen molar-refractivity contribution in [3.8, 4) is 5.69 Å². The first kappa shape index (κ1) is 20.5. The minimum absolute atomic E-state index is 0.0543. The summed E-state index contributed by atoms with van der Waals surface area (Å²) in [5, 5.41) is 4.04. The van der Waals surface area contributed by atoms with Crippen LogP contribution in [-0.4, -0.2) is 58.5 Å². The predicted octanol–water partition coefficient (Wildman–Crippen LogP) is 4.81. The molecule has 0 aliphatic carbocycles. The fraction of sp³-hybridized carbons (Fsp3) is 0.200. The second-order valence-corrected chi connectivity index (χ2v) is 8.48. The highest BCUT2D eigenvalue weighted by atomic mass is 35.5. The molecule has 0 saturated carbocycles. The zero-order chi connectivity index (χ0) is 22.1. The number of rotatable bonds is 4. The summed E-state index contributed by atoms with van der Waals surface area (Å²) in [6.07, 6.45) is 0. The molecule has 4 aromatic rings. The van der Waals surface area contributed by atoms with Gasteiger partial charge in [-0.25, -0.2) is 4.98 Å². The first-order chi connectivity index (χ1) is 15.6. The normalized spacial score (nSPS) is 14.6. The Bertz CT molecular complexity index is 1260. The number of fused-ring (bicyclic) bond motifs is 1. The minimum Gasteiger partial charge on any atom is -0.336 e. The van der Waals surface area contributed by atoms with Gasteiger partial charge in [-0.05, 0) is 55.6 Å². The molecule has 162 valence electrons. The van der Waals surface area contributed by atoms with Crippen LogP contribution in [0.15, 0.2) is 72.8 Å². The second-order valence-electron chi connectivity index (χ2n) is 8.04. The van der Waals surface area contributed by atoms with Gasteiger partial charge in [0.05, 0.1) is 11.0 Å². The molecule has 1 fully saturated rings. The van der Waals surface area contributed by atoms with E-state index in [1.807, 2.05) is 77.7 Å². The van der Waals surface area contributed by atoms with Crippen molar-refractivity contribution in [1.29, 1.82) is 0 Å². The van der Waals surface area contributed by atoms with E-state index in [2.05, 4.69) is 21.8 Å². The summed E-state index contributed by atoms with van der Waals surface area (Å²) in [4.78, 5) is 22.1. The third-order valence-electron chi connectivity index (χ3n) is 5.79. The Morgan fingerprint density at radius 2 is 1.72 bits per heavy atom. The topological polar surface area (TPSA) is 53.4 Å². The van der Waals surface area contributed by atoms with Gasteiger partial charge in [0.2, 0.25) is 5.95 Å². The molecular formula is C25H24ClN5O. The molecule has 3 aromatic carbocycles. The van der Waals surface area contributed by atoms with Crippen LogP contribution in [0.2, 0.25) is 5.02 Å². The van der Waals surface area contributed by atoms with Crippen molar-refractivity contribution in [2.24, 2.45) is 0 Å². The van der Waals surface area contributed by atoms with Crippen molar-refractivity contribution in [3.05, 3.63) is 83.4 Å². The van der Waals surface area contributed by atoms with Crippen molar-refractivity contribution in [2.45, 2.75) is 0 Å². The van der Waals surface area contributed by atoms with Crippen molar-refractivity contribution in [2.75, 3.05) is 38.5 Å². The molecule has 1 aliphatic heterocycles. The summed E-state index contributed by atoms with van der Waals surface area (Å²) in [6.45, 7) is 3.27. The number of nitrogens with one attached hydrogen (secondary N) is 1. The molecule has 32 heavy (non-hydrogen) atoms. The van der Waals surface area contributed by atoms with E-state index < -0.39 is 0 Å². The van der Waals surface area contributed by atoms with E-state index >= 15 is 0 Å². The molecular weight excluding hydrogens is 422 g/mol. The van der Waals surface area contributed by atoms with Crippen LogP contribution < -0.4 is 5.32 Å². The maximum absolute atomic E-state index is 13.1. The number of anilines is 2. The van der Waals surface area contributed by atoms with Gasteiger partial charge in [0.25, 0.3) is 5.91 Å². The molecule has 0 unspecified atom stereocenters. The van der Waals surface area contributed by atoms with Gasteiger partial charge in [-0.1, -0.05) is 35.9 Å². The second kappa shape index (κ2) is 8.65. The van der Waals surface area contributed by atoms with E-state index in [-0.39, 0.29) is 5.91 Å². The Labute approximate surface area is 192 Å². The summed E-state index contributed by atoms with van der Waals surface area (Å²) in [5.41, 5.74) is 4.18. The summed E-state index contributed by atoms with van der Waals surface area (Å²) >= 11 is 6.17. The van der Waals surface area contributed by atoms with E-state index in [0.717, 1.165) is 48.6 Å². The number of carbonyl (C=O) groups excluding carboxylic acids is 1. The van der Waals surface area contributed by atoms with Gasteiger partial charge in [-0.3, -0.25) is 9.36 Å². The zero-order valence-electron chi connectivity index (χ0n) is 17.8. The smallest absolute Gasteiger partial charge is 0.254 e. The molecule has 1 amide bonds. The number of imidazole rings is 1. The third kappa shape index (κ3) is 4.07. The SMILES string of the molecule is CN1CCN(C(=O)c2ccc3c(c2)nc(Nc2cccc(Cl)c2)n3-c2ccccc2)CC1. The largest absolute Gasteiger partial charge is 0.336 e. The van der Waals surface area contributed by atoms with E-state index in [9.17, 15) is 4.79 Å². The van der Waals surface area contributed by atoms with Crippen LogP contribution in [0.4, 0.5) is 11.6 Å². The number of carbonyl (C=O) groups is 1. The molecule has 1 N–H and O–H groups in total. The van der Waals surface area contributed by atoms with Crippen LogP contribution in [0.1, 0.15) is 10.4 Å². The van der Waals surface area contributed by atoms with E-state index in [4.69, 9.17) is 16.6 Å². The van der Waals surface area contributed by atoms with E-state index in [1.165, 1.54) is 0 Å². The number of amides is 1. The van der Waals surface area contributed by atoms with E-state index in [0.29, 0.717) is 16.5 Å². The molecule has 5 rings (SSSR count). The van der Waals surface area contributed by atoms with Crippen molar-refractivity contribution < 1.29 is 4.79 Å². The summed E-state index contributed by atoms with van der Waals surface area (Å²) < 4.78 is 2.06. The first-order valence-electron chi connectivity index (χ1n) is 10.7. The van der Waals surface area contributed by atoms with Crippen LogP contribution in [0.25, 0.3) is 16.7 Å². The number of hydrogen-bond donors (Lipinski definition) is 1. The van der Waals surface area contributed by atoms with Gasteiger partial charge < -0.3 is 15.1 Å². The van der Waals surface area contributed by atoms with Crippen LogP contribution >= 0.6 is 11.6 Å². The first-order valence-corrected chi connectivity index (χ1v) is 11.0. The number of nitrogens with zero attached hydrogens (tertiary/aromatic N) is 4. The van der Waals surface area contributed by atoms with Crippen LogP contribution in [0.3, 0.4) is 0 Å². The fourth-order valence-corrected chi connectivity index (χ4v) is 4.21. The lowest BCUT2D eigenvalue weighted by Crippen LogP contribution is -2.47. The number of aromatic nitrogens is 2. The average Bonchev–Trinajstić information content (AvgIpc) is 3.16. The highest BCUT2D eigenvalue weighted by molar-refractivity contribution is 6.30. The Hall–Kier alpha value is -3.35. The highest BCUT2D eigenvalue weighted by Crippen LogP contribution is 2.29. The summed E-state index contributed by atoms with van der Waals surface area (Å²) in [6, 6.07) is 23.3. The van der Waals surface area contributed by atoms with Gasteiger partial charge in [-0.2, -0.15) is 0 Å². The molecule has 0 bridgehead atoms. The van der Waals surface area contributed by atoms with Gasteiger partial charge in [0, 0.05) is 48.1 Å². The lowest BCUT2D eigenvalue weighted by molar-refractivity contribution is 0.0664. The maximum Gasteiger partial charge on any atom is 0.254 e. The number of piperazine rings is 1. The zero-order valence-corrected chi connectivity index (χ0v) is 18.6. The molecule has 1 aromatic heterocycles. The number of hydrogen-bond acceptors (Lipinski definition) is 4. The Morgan fingerprint density at radius 1 is 0.938 bits per heavy atom. The molecule has 0 atom stereocenters. The van der Waals surface area contributed by atoms with Crippen molar-refractivity contribution in [3.63, 3.8) is 0 Å². The number of likely N-dealkylation sites (N-methyl/N-ethyl adjacent to an activating group) is 1. The van der Waals surface area contributed by atoms with Gasteiger partial charge in [0.1, 0.15) is 0 Å². The Balaban J connectivity index is 1.55. The van der Waals surface area contributed by atoms with Crippen LogP contribution in [0, 0.1) is 0 Å². The van der Waals surface area contributed by atoms with Crippen molar-refractivity contribution in [1.82, 2.24) is 19.4 Å². The van der Waals surface area contributed by atoms with Crippen molar-refractivity contribution >= 4 is 40.2 Å². The summed E-state index contributed by atoms with van der Waals surface area (Å²) in [5.74, 6) is 0.719. The minimum atomic E-state index is 0.0543. The molecule has 2 heterocycles. The highest BCUT2D eigenvalue weighted by Gasteiger charge is 2.22. The van der Waals surface area contributed by atoms with Crippen LogP contribution in [0.5, 0.6) is 0 Å². The Kier molecular flexibility index (Phi) is 5.55. The molecule has 1 saturated heterocycles. The fourth-order valence-electron chi connectivity index (χ4n) is 4.02. The third-order valence-corrected chi connectivity index (χ3v) is 6.02. The molecule has 7 heteroatoms. The maximum atomic E-state index is 13.1. The van der Waals surface area contributed by atoms with Crippen LogP contribution in [-0.2, 0) is 0 Å².